The Morgan fingerprint density at radius 3 is 2.38 bits per heavy atom. The summed E-state index contributed by atoms with van der Waals surface area (Å²) in [5.74, 6) is 0.610. The van der Waals surface area contributed by atoms with Gasteiger partial charge in [0.05, 0.1) is 5.69 Å². The van der Waals surface area contributed by atoms with Crippen LogP contribution in [0.5, 0.6) is 5.75 Å². The van der Waals surface area contributed by atoms with Crippen LogP contribution in [0.4, 0.5) is 5.69 Å². The third-order valence-electron chi connectivity index (χ3n) is 3.94. The number of carbonyl (C=O) groups is 2. The summed E-state index contributed by atoms with van der Waals surface area (Å²) < 4.78 is 5.52. The summed E-state index contributed by atoms with van der Waals surface area (Å²) in [5, 5.41) is 5.53. The molecule has 0 atom stereocenters. The number of carbonyl (C=O) groups excluding carboxylic acids is 2. The van der Waals surface area contributed by atoms with E-state index in [1.54, 1.807) is 24.3 Å². The van der Waals surface area contributed by atoms with E-state index in [1.165, 1.54) is 18.1 Å². The maximum atomic E-state index is 12.0. The summed E-state index contributed by atoms with van der Waals surface area (Å²) in [6, 6.07) is 15.5. The van der Waals surface area contributed by atoms with Crippen molar-refractivity contribution in [3.63, 3.8) is 0 Å². The van der Waals surface area contributed by atoms with Crippen LogP contribution in [0.25, 0.3) is 0 Å². The molecule has 0 aliphatic carbocycles. The van der Waals surface area contributed by atoms with Gasteiger partial charge in [0.15, 0.2) is 6.61 Å². The summed E-state index contributed by atoms with van der Waals surface area (Å²) in [6.07, 6.45) is 0.770. The molecule has 138 valence electrons. The molecule has 0 bridgehead atoms. The van der Waals surface area contributed by atoms with Crippen LogP contribution >= 0.6 is 0 Å². The molecular weight excluding hydrogens is 328 g/mol. The van der Waals surface area contributed by atoms with E-state index in [1.807, 2.05) is 0 Å². The van der Waals surface area contributed by atoms with Gasteiger partial charge >= 0.3 is 0 Å². The lowest BCUT2D eigenvalue weighted by molar-refractivity contribution is -0.123. The topological polar surface area (TPSA) is 67.4 Å². The largest absolute Gasteiger partial charge is 0.482 e. The first-order valence-electron chi connectivity index (χ1n) is 8.80. The Kier molecular flexibility index (Phi) is 7.21. The van der Waals surface area contributed by atoms with Gasteiger partial charge in [0, 0.05) is 13.5 Å². The van der Waals surface area contributed by atoms with Crippen molar-refractivity contribution in [1.29, 1.82) is 0 Å². The molecule has 0 radical (unpaired) electrons. The first kappa shape index (κ1) is 19.5. The van der Waals surface area contributed by atoms with Gasteiger partial charge in [0.1, 0.15) is 5.75 Å². The predicted molar refractivity (Wildman–Crippen MR) is 103 cm³/mol. The zero-order valence-corrected chi connectivity index (χ0v) is 15.5. The molecule has 0 spiro atoms. The molecule has 5 nitrogen and oxygen atoms in total. The van der Waals surface area contributed by atoms with Gasteiger partial charge in [0.2, 0.25) is 5.91 Å². The first-order chi connectivity index (χ1) is 12.5. The molecule has 5 heteroatoms. The monoisotopic (exact) mass is 354 g/mol. The molecule has 0 aliphatic heterocycles. The summed E-state index contributed by atoms with van der Waals surface area (Å²) in [6.45, 7) is 6.22. The highest BCUT2D eigenvalue weighted by Crippen LogP contribution is 2.23. The van der Waals surface area contributed by atoms with Crippen LogP contribution in [-0.4, -0.2) is 25.0 Å². The third-order valence-corrected chi connectivity index (χ3v) is 3.94. The highest BCUT2D eigenvalue weighted by atomic mass is 16.5. The van der Waals surface area contributed by atoms with E-state index in [0.29, 0.717) is 23.9 Å². The zero-order chi connectivity index (χ0) is 18.9. The molecule has 2 N–H and O–H groups in total. The van der Waals surface area contributed by atoms with Gasteiger partial charge in [-0.05, 0) is 35.6 Å². The van der Waals surface area contributed by atoms with Crippen LogP contribution in [-0.2, 0) is 16.0 Å². The van der Waals surface area contributed by atoms with Gasteiger partial charge in [-0.2, -0.15) is 0 Å². The second-order valence-corrected chi connectivity index (χ2v) is 6.46. The summed E-state index contributed by atoms with van der Waals surface area (Å²) >= 11 is 0. The van der Waals surface area contributed by atoms with Gasteiger partial charge in [-0.3, -0.25) is 9.59 Å². The Hall–Kier alpha value is -2.82. The molecule has 2 aromatic rings. The van der Waals surface area contributed by atoms with Crippen LogP contribution in [0.15, 0.2) is 48.5 Å². The highest BCUT2D eigenvalue weighted by molar-refractivity contribution is 5.90. The van der Waals surface area contributed by atoms with Crippen LogP contribution in [0.2, 0.25) is 0 Å². The molecule has 0 aliphatic rings. The van der Waals surface area contributed by atoms with Crippen LogP contribution in [0, 0.1) is 0 Å². The van der Waals surface area contributed by atoms with Crippen molar-refractivity contribution in [3.05, 3.63) is 59.7 Å². The van der Waals surface area contributed by atoms with Gasteiger partial charge in [-0.1, -0.05) is 50.2 Å². The number of hydrogen-bond donors (Lipinski definition) is 2. The molecule has 26 heavy (non-hydrogen) atoms. The van der Waals surface area contributed by atoms with E-state index >= 15 is 0 Å². The number of amides is 2. The average molecular weight is 354 g/mol. The molecule has 0 heterocycles. The molecule has 0 saturated heterocycles. The summed E-state index contributed by atoms with van der Waals surface area (Å²) in [4.78, 5) is 23.2. The Balaban J connectivity index is 1.76. The first-order valence-corrected chi connectivity index (χ1v) is 8.80. The fraction of sp³-hybridized carbons (Fsp3) is 0.333. The molecule has 0 aromatic heterocycles. The molecule has 0 fully saturated rings. The number of rotatable bonds is 8. The lowest BCUT2D eigenvalue weighted by Gasteiger charge is -2.12. The Labute approximate surface area is 154 Å². The van der Waals surface area contributed by atoms with Crippen molar-refractivity contribution >= 4 is 17.5 Å². The average Bonchev–Trinajstić information content (AvgIpc) is 2.61. The van der Waals surface area contributed by atoms with Gasteiger partial charge in [0.25, 0.3) is 5.91 Å². The van der Waals surface area contributed by atoms with E-state index in [0.717, 1.165) is 6.42 Å². The molecular formula is C21H26N2O3. The Bertz CT molecular complexity index is 739. The normalized spacial score (nSPS) is 10.5. The highest BCUT2D eigenvalue weighted by Gasteiger charge is 2.07. The van der Waals surface area contributed by atoms with Crippen LogP contribution in [0.1, 0.15) is 37.8 Å². The SMILES string of the molecule is CC(=O)Nc1ccccc1OCC(=O)NCCc1ccc(C(C)C)cc1. The number of hydrogen-bond acceptors (Lipinski definition) is 3. The van der Waals surface area contributed by atoms with Crippen molar-refractivity contribution in [3.8, 4) is 5.75 Å². The number of ether oxygens (including phenoxy) is 1. The molecule has 0 unspecified atom stereocenters. The van der Waals surface area contributed by atoms with Crippen molar-refractivity contribution in [2.75, 3.05) is 18.5 Å². The zero-order valence-electron chi connectivity index (χ0n) is 15.5. The molecule has 2 aromatic carbocycles. The fourth-order valence-corrected chi connectivity index (χ4v) is 2.50. The van der Waals surface area contributed by atoms with Crippen molar-refractivity contribution in [2.45, 2.75) is 33.1 Å². The minimum Gasteiger partial charge on any atom is -0.482 e. The predicted octanol–water partition coefficient (Wildman–Crippen LogP) is 3.51. The maximum Gasteiger partial charge on any atom is 0.257 e. The van der Waals surface area contributed by atoms with Gasteiger partial charge < -0.3 is 15.4 Å². The van der Waals surface area contributed by atoms with Gasteiger partial charge in [-0.15, -0.1) is 0 Å². The summed E-state index contributed by atoms with van der Waals surface area (Å²) in [5.41, 5.74) is 3.05. The van der Waals surface area contributed by atoms with Crippen molar-refractivity contribution < 1.29 is 14.3 Å². The van der Waals surface area contributed by atoms with E-state index in [2.05, 4.69) is 48.7 Å². The quantitative estimate of drug-likeness (QED) is 0.762. The van der Waals surface area contributed by atoms with Crippen molar-refractivity contribution in [1.82, 2.24) is 5.32 Å². The minimum atomic E-state index is -0.193. The molecule has 2 rings (SSSR count). The Morgan fingerprint density at radius 2 is 1.73 bits per heavy atom. The maximum absolute atomic E-state index is 12.0. The second kappa shape index (κ2) is 9.61. The lowest BCUT2D eigenvalue weighted by Crippen LogP contribution is -2.30. The van der Waals surface area contributed by atoms with Crippen LogP contribution in [0.3, 0.4) is 0 Å². The number of anilines is 1. The van der Waals surface area contributed by atoms with E-state index < -0.39 is 0 Å². The molecule has 2 amide bonds. The summed E-state index contributed by atoms with van der Waals surface area (Å²) in [7, 11) is 0. The van der Waals surface area contributed by atoms with Crippen LogP contribution < -0.4 is 15.4 Å². The second-order valence-electron chi connectivity index (χ2n) is 6.46. The number of para-hydroxylation sites is 2. The minimum absolute atomic E-state index is 0.0944. The number of nitrogens with one attached hydrogen (secondary N) is 2. The van der Waals surface area contributed by atoms with Gasteiger partial charge in [-0.25, -0.2) is 0 Å². The van der Waals surface area contributed by atoms with E-state index in [9.17, 15) is 9.59 Å². The lowest BCUT2D eigenvalue weighted by atomic mass is 10.0. The van der Waals surface area contributed by atoms with E-state index in [4.69, 9.17) is 4.74 Å². The Morgan fingerprint density at radius 1 is 1.04 bits per heavy atom. The fourth-order valence-electron chi connectivity index (χ4n) is 2.50. The number of benzene rings is 2. The van der Waals surface area contributed by atoms with E-state index in [-0.39, 0.29) is 18.4 Å². The smallest absolute Gasteiger partial charge is 0.257 e. The molecule has 0 saturated carbocycles. The third kappa shape index (κ3) is 6.24. The van der Waals surface area contributed by atoms with Crippen molar-refractivity contribution in [2.24, 2.45) is 0 Å². The standard InChI is InChI=1S/C21H26N2O3/c1-15(2)18-10-8-17(9-11-18)12-13-22-21(25)14-26-20-7-5-4-6-19(20)23-16(3)24/h4-11,15H,12-14H2,1-3H3,(H,22,25)(H,23,24).